The zero-order chi connectivity index (χ0) is 30.0. The Morgan fingerprint density at radius 2 is 1.70 bits per heavy atom. The lowest BCUT2D eigenvalue weighted by Gasteiger charge is -2.47. The SMILES string of the molecule is CC(C)(C)N1C(=O)CC(c2ccc(C[C@H](NC(=O)OC(=O)C(F)(F)F)C(=O)Nc3ccccc3N)cc2)S1(O)O. The molecule has 2 aromatic rings. The Bertz CT molecular complexity index is 1300. The van der Waals surface area contributed by atoms with Gasteiger partial charge in [-0.05, 0) is 44.0 Å². The maximum Gasteiger partial charge on any atom is 0.491 e. The number of para-hydroxylation sites is 2. The largest absolute Gasteiger partial charge is 0.491 e. The fourth-order valence-corrected chi connectivity index (χ4v) is 6.49. The second kappa shape index (κ2) is 11.3. The highest BCUT2D eigenvalue weighted by atomic mass is 32.3. The maximum absolute atomic E-state index is 13.0. The summed E-state index contributed by atoms with van der Waals surface area (Å²) in [6.45, 7) is 5.04. The number of nitrogens with zero attached hydrogens (tertiary/aromatic N) is 1. The number of nitrogens with one attached hydrogen (secondary N) is 2. The molecule has 0 aliphatic carbocycles. The average molecular weight is 587 g/mol. The highest BCUT2D eigenvalue weighted by Crippen LogP contribution is 2.65. The van der Waals surface area contributed by atoms with E-state index < -0.39 is 57.7 Å². The molecule has 11 nitrogen and oxygen atoms in total. The molecule has 0 radical (unpaired) electrons. The lowest BCUT2D eigenvalue weighted by Crippen LogP contribution is -2.46. The van der Waals surface area contributed by atoms with Crippen LogP contribution in [0.1, 0.15) is 43.6 Å². The highest BCUT2D eigenvalue weighted by molar-refractivity contribution is 8.23. The van der Waals surface area contributed by atoms with Crippen LogP contribution in [0.25, 0.3) is 0 Å². The van der Waals surface area contributed by atoms with Crippen LogP contribution in [0.4, 0.5) is 29.3 Å². The molecule has 1 saturated heterocycles. The Kier molecular flexibility index (Phi) is 8.71. The average Bonchev–Trinajstić information content (AvgIpc) is 3.08. The summed E-state index contributed by atoms with van der Waals surface area (Å²) in [5.74, 6) is -4.04. The van der Waals surface area contributed by atoms with Crippen LogP contribution in [-0.4, -0.2) is 55.0 Å². The Balaban J connectivity index is 1.81. The molecular weight excluding hydrogens is 557 g/mol. The molecule has 2 aromatic carbocycles. The van der Waals surface area contributed by atoms with Gasteiger partial charge in [0, 0.05) is 6.42 Å². The molecule has 6 N–H and O–H groups in total. The standard InChI is InChI=1S/C25H29F3N4O7S/c1-24(2,3)32-20(33)13-19(40(32,37)38)15-10-8-14(9-11-15)12-18(31-23(36)39-22(35)25(26,27)28)21(34)30-17-7-5-4-6-16(17)29/h4-11,18-19,37-38H,12-13,29H2,1-3H3,(H,30,34)(H,31,36)/t18-,19?/m0/s1. The molecule has 218 valence electrons. The maximum atomic E-state index is 13.0. The second-order valence-corrected chi connectivity index (χ2v) is 12.1. The number of rotatable bonds is 6. The first-order chi connectivity index (χ1) is 18.4. The smallest absolute Gasteiger partial charge is 0.397 e. The third kappa shape index (κ3) is 7.03. The summed E-state index contributed by atoms with van der Waals surface area (Å²) in [6.07, 6.45) is -7.61. The van der Waals surface area contributed by atoms with Crippen molar-refractivity contribution in [1.82, 2.24) is 9.62 Å². The van der Waals surface area contributed by atoms with Crippen molar-refractivity contribution in [2.24, 2.45) is 0 Å². The van der Waals surface area contributed by atoms with Crippen LogP contribution in [0.5, 0.6) is 0 Å². The first-order valence-electron chi connectivity index (χ1n) is 11.8. The van der Waals surface area contributed by atoms with Gasteiger partial charge in [-0.1, -0.05) is 36.4 Å². The number of alkyl halides is 3. The summed E-state index contributed by atoms with van der Waals surface area (Å²) in [4.78, 5) is 48.6. The Morgan fingerprint density at radius 3 is 2.23 bits per heavy atom. The number of esters is 1. The first kappa shape index (κ1) is 30.7. The van der Waals surface area contributed by atoms with Gasteiger partial charge < -0.3 is 21.1 Å². The minimum absolute atomic E-state index is 0.136. The van der Waals surface area contributed by atoms with Crippen LogP contribution in [-0.2, 0) is 25.5 Å². The monoisotopic (exact) mass is 586 g/mol. The summed E-state index contributed by atoms with van der Waals surface area (Å²) >= 11 is 0. The van der Waals surface area contributed by atoms with E-state index in [9.17, 15) is 41.5 Å². The first-order valence-corrected chi connectivity index (χ1v) is 13.4. The summed E-state index contributed by atoms with van der Waals surface area (Å²) in [7, 11) is -3.50. The van der Waals surface area contributed by atoms with E-state index >= 15 is 0 Å². The molecule has 0 aromatic heterocycles. The lowest BCUT2D eigenvalue weighted by molar-refractivity contribution is -0.192. The van der Waals surface area contributed by atoms with Crippen molar-refractivity contribution in [2.45, 2.75) is 56.6 Å². The van der Waals surface area contributed by atoms with E-state index in [2.05, 4.69) is 10.1 Å². The van der Waals surface area contributed by atoms with Crippen molar-refractivity contribution in [3.63, 3.8) is 0 Å². The minimum atomic E-state index is -5.43. The number of hydrogen-bond acceptors (Lipinski definition) is 8. The summed E-state index contributed by atoms with van der Waals surface area (Å²) in [5, 5.41) is 3.51. The number of carbonyl (C=O) groups excluding carboxylic acids is 4. The fourth-order valence-electron chi connectivity index (χ4n) is 4.17. The van der Waals surface area contributed by atoms with Gasteiger partial charge in [0.1, 0.15) is 11.3 Å². The number of nitrogen functional groups attached to an aromatic ring is 1. The molecule has 40 heavy (non-hydrogen) atoms. The molecule has 0 saturated carbocycles. The topological polar surface area (TPSA) is 171 Å². The molecule has 2 atom stereocenters. The molecule has 1 aliphatic rings. The highest BCUT2D eigenvalue weighted by Gasteiger charge is 2.49. The third-order valence-electron chi connectivity index (χ3n) is 5.88. The number of alkyl carbamates (subject to hydrolysis) is 1. The Hall–Kier alpha value is -3.82. The van der Waals surface area contributed by atoms with E-state index in [1.54, 1.807) is 32.9 Å². The number of halogens is 3. The van der Waals surface area contributed by atoms with Crippen LogP contribution in [0.15, 0.2) is 48.5 Å². The van der Waals surface area contributed by atoms with Gasteiger partial charge in [0.2, 0.25) is 11.8 Å². The van der Waals surface area contributed by atoms with Gasteiger partial charge in [0.15, 0.2) is 0 Å². The van der Waals surface area contributed by atoms with Gasteiger partial charge >= 0.3 is 18.2 Å². The van der Waals surface area contributed by atoms with Gasteiger partial charge in [-0.2, -0.15) is 13.2 Å². The molecule has 1 fully saturated rings. The van der Waals surface area contributed by atoms with Gasteiger partial charge in [0.25, 0.3) is 0 Å². The molecule has 15 heteroatoms. The van der Waals surface area contributed by atoms with Crippen molar-refractivity contribution in [1.29, 1.82) is 0 Å². The molecule has 3 rings (SSSR count). The Labute approximate surface area is 229 Å². The number of anilines is 2. The van der Waals surface area contributed by atoms with Crippen LogP contribution >= 0.6 is 10.8 Å². The summed E-state index contributed by atoms with van der Waals surface area (Å²) < 4.78 is 64.1. The van der Waals surface area contributed by atoms with Gasteiger partial charge in [-0.15, -0.1) is 10.8 Å². The number of ether oxygens (including phenoxy) is 1. The van der Waals surface area contributed by atoms with Crippen LogP contribution < -0.4 is 16.4 Å². The minimum Gasteiger partial charge on any atom is -0.397 e. The van der Waals surface area contributed by atoms with Crippen molar-refractivity contribution in [3.05, 3.63) is 59.7 Å². The van der Waals surface area contributed by atoms with Gasteiger partial charge in [-0.25, -0.2) is 13.9 Å². The normalized spacial score (nSPS) is 18.6. The van der Waals surface area contributed by atoms with Crippen molar-refractivity contribution in [3.8, 4) is 0 Å². The quantitative estimate of drug-likeness (QED) is 0.189. The van der Waals surface area contributed by atoms with E-state index in [1.165, 1.54) is 36.4 Å². The number of carbonyl (C=O) groups is 4. The van der Waals surface area contributed by atoms with E-state index in [0.717, 1.165) is 4.31 Å². The van der Waals surface area contributed by atoms with Crippen LogP contribution in [0, 0.1) is 0 Å². The summed E-state index contributed by atoms with van der Waals surface area (Å²) in [5.41, 5.74) is 6.18. The Morgan fingerprint density at radius 1 is 1.10 bits per heavy atom. The van der Waals surface area contributed by atoms with Gasteiger partial charge in [0.05, 0.1) is 23.3 Å². The third-order valence-corrected chi connectivity index (χ3v) is 8.37. The van der Waals surface area contributed by atoms with Crippen LogP contribution in [0.2, 0.25) is 0 Å². The van der Waals surface area contributed by atoms with Gasteiger partial charge in [-0.3, -0.25) is 18.7 Å². The molecule has 0 bridgehead atoms. The van der Waals surface area contributed by atoms with E-state index in [4.69, 9.17) is 5.73 Å². The molecule has 3 amide bonds. The molecular formula is C25H29F3N4O7S. The van der Waals surface area contributed by atoms with Crippen LogP contribution in [0.3, 0.4) is 0 Å². The number of amides is 3. The van der Waals surface area contributed by atoms with E-state index in [-0.39, 0.29) is 24.2 Å². The molecule has 1 heterocycles. The fraction of sp³-hybridized carbons (Fsp3) is 0.360. The molecule has 0 spiro atoms. The van der Waals surface area contributed by atoms with Crippen molar-refractivity contribution >= 4 is 46.0 Å². The molecule has 1 unspecified atom stereocenters. The lowest BCUT2D eigenvalue weighted by atomic mass is 10.0. The zero-order valence-electron chi connectivity index (χ0n) is 21.7. The predicted molar refractivity (Wildman–Crippen MR) is 141 cm³/mol. The molecule has 1 aliphatic heterocycles. The van der Waals surface area contributed by atoms with Crippen molar-refractivity contribution < 1.29 is 46.2 Å². The number of benzene rings is 2. The number of hydrogen-bond donors (Lipinski definition) is 5. The predicted octanol–water partition coefficient (Wildman–Crippen LogP) is 4.37. The number of nitrogens with two attached hydrogens (primary N) is 1. The zero-order valence-corrected chi connectivity index (χ0v) is 22.5. The van der Waals surface area contributed by atoms with E-state index in [0.29, 0.717) is 11.1 Å². The van der Waals surface area contributed by atoms with E-state index in [1.807, 2.05) is 5.32 Å². The summed E-state index contributed by atoms with van der Waals surface area (Å²) in [6, 6.07) is 10.7. The van der Waals surface area contributed by atoms with Crippen molar-refractivity contribution in [2.75, 3.05) is 11.1 Å². The second-order valence-electron chi connectivity index (χ2n) is 10.0.